The van der Waals surface area contributed by atoms with Crippen LogP contribution in [0.3, 0.4) is 0 Å². The van der Waals surface area contributed by atoms with Crippen LogP contribution in [0, 0.1) is 12.5 Å². The Kier molecular flexibility index (Phi) is 7.19. The molecule has 0 radical (unpaired) electrons. The first-order valence-electron chi connectivity index (χ1n) is 10.8. The number of pyridine rings is 2. The smallest absolute Gasteiger partial charge is 0.170 e. The van der Waals surface area contributed by atoms with Gasteiger partial charge >= 0.3 is 0 Å². The van der Waals surface area contributed by atoms with Gasteiger partial charge in [0.05, 0.1) is 0 Å². The van der Waals surface area contributed by atoms with Crippen molar-refractivity contribution in [1.82, 2.24) is 9.97 Å². The molecule has 0 atom stereocenters. The predicted molar refractivity (Wildman–Crippen MR) is 134 cm³/mol. The summed E-state index contributed by atoms with van der Waals surface area (Å²) in [5.41, 5.74) is 11.7. The number of amidine groups is 1. The molecule has 0 amide bonds. The van der Waals surface area contributed by atoms with Crippen LogP contribution < -0.4 is 15.9 Å². The second-order valence-corrected chi connectivity index (χ2v) is 7.63. The fraction of sp³-hybridized carbons (Fsp3) is 0.115. The van der Waals surface area contributed by atoms with E-state index in [1.165, 1.54) is 0 Å². The summed E-state index contributed by atoms with van der Waals surface area (Å²) in [4.78, 5) is 9.11. The van der Waals surface area contributed by atoms with E-state index in [1.807, 2.05) is 85.8 Å². The molecule has 170 valence electrons. The molecule has 8 nitrogen and oxygen atoms in total. The summed E-state index contributed by atoms with van der Waals surface area (Å²) in [6, 6.07) is 25.4. The molecule has 0 unspecified atom stereocenters. The molecule has 0 spiro atoms. The van der Waals surface area contributed by atoms with Gasteiger partial charge in [-0.3, -0.25) is 0 Å². The highest BCUT2D eigenvalue weighted by Gasteiger charge is 2.10. The number of nitrogens with zero attached hydrogens (tertiary/aromatic N) is 4. The SMILES string of the molecule is Cc1ccc(Oc2ccnc(Nc3cccc(CC/C(N=N)=N/N)c3)c2)c(-c2ccccc2)n1. The molecule has 2 aromatic carbocycles. The summed E-state index contributed by atoms with van der Waals surface area (Å²) in [5.74, 6) is 7.53. The van der Waals surface area contributed by atoms with Crippen molar-refractivity contribution in [3.8, 4) is 22.8 Å². The molecule has 0 bridgehead atoms. The lowest BCUT2D eigenvalue weighted by Gasteiger charge is -2.13. The molecule has 0 aliphatic rings. The molecule has 4 aromatic rings. The lowest BCUT2D eigenvalue weighted by Crippen LogP contribution is -2.01. The van der Waals surface area contributed by atoms with E-state index in [9.17, 15) is 0 Å². The molecular weight excluding hydrogens is 426 g/mol. The van der Waals surface area contributed by atoms with Crippen molar-refractivity contribution in [2.75, 3.05) is 5.32 Å². The van der Waals surface area contributed by atoms with Crippen LogP contribution in [0.5, 0.6) is 11.5 Å². The largest absolute Gasteiger partial charge is 0.455 e. The molecule has 2 heterocycles. The molecule has 0 saturated heterocycles. The minimum Gasteiger partial charge on any atom is -0.455 e. The third-order valence-electron chi connectivity index (χ3n) is 5.12. The lowest BCUT2D eigenvalue weighted by atomic mass is 10.1. The van der Waals surface area contributed by atoms with Gasteiger partial charge in [0.15, 0.2) is 11.6 Å². The van der Waals surface area contributed by atoms with Gasteiger partial charge in [0.1, 0.15) is 17.3 Å². The molecule has 8 heteroatoms. The maximum atomic E-state index is 7.07. The van der Waals surface area contributed by atoms with Crippen LogP contribution in [-0.2, 0) is 6.42 Å². The van der Waals surface area contributed by atoms with Gasteiger partial charge in [-0.15, -0.1) is 5.11 Å². The maximum absolute atomic E-state index is 7.07. The number of ether oxygens (including phenoxy) is 1. The van der Waals surface area contributed by atoms with Crippen LogP contribution in [0.15, 0.2) is 95.3 Å². The third kappa shape index (κ3) is 5.80. The fourth-order valence-electron chi connectivity index (χ4n) is 3.46. The Morgan fingerprint density at radius 3 is 2.68 bits per heavy atom. The Bertz CT molecular complexity index is 1310. The molecule has 2 aromatic heterocycles. The number of benzene rings is 2. The number of hydrogen-bond acceptors (Lipinski definition) is 7. The van der Waals surface area contributed by atoms with Gasteiger partial charge in [-0.2, -0.15) is 5.10 Å². The summed E-state index contributed by atoms with van der Waals surface area (Å²) in [6.45, 7) is 1.96. The Morgan fingerprint density at radius 2 is 1.88 bits per heavy atom. The van der Waals surface area contributed by atoms with E-state index in [-0.39, 0.29) is 0 Å². The van der Waals surface area contributed by atoms with Crippen molar-refractivity contribution in [2.45, 2.75) is 19.8 Å². The minimum absolute atomic E-state index is 0.311. The van der Waals surface area contributed by atoms with E-state index < -0.39 is 0 Å². The zero-order valence-electron chi connectivity index (χ0n) is 18.8. The van der Waals surface area contributed by atoms with Crippen LogP contribution in [0.2, 0.25) is 0 Å². The van der Waals surface area contributed by atoms with Gasteiger partial charge in [0, 0.05) is 35.6 Å². The summed E-state index contributed by atoms with van der Waals surface area (Å²) >= 11 is 0. The van der Waals surface area contributed by atoms with Crippen molar-refractivity contribution in [3.63, 3.8) is 0 Å². The number of aryl methyl sites for hydroxylation is 2. The summed E-state index contributed by atoms with van der Waals surface area (Å²) < 4.78 is 6.21. The highest BCUT2D eigenvalue weighted by atomic mass is 16.5. The molecule has 0 aliphatic heterocycles. The normalized spacial score (nSPS) is 11.1. The predicted octanol–water partition coefficient (Wildman–Crippen LogP) is 6.22. The number of hydrogen-bond donors (Lipinski definition) is 3. The quantitative estimate of drug-likeness (QED) is 0.0964. The number of nitrogens with one attached hydrogen (secondary N) is 2. The highest BCUT2D eigenvalue weighted by Crippen LogP contribution is 2.32. The summed E-state index contributed by atoms with van der Waals surface area (Å²) in [5, 5.41) is 10.1. The van der Waals surface area contributed by atoms with Gasteiger partial charge in [-0.1, -0.05) is 42.5 Å². The molecule has 0 saturated carbocycles. The second kappa shape index (κ2) is 10.8. The van der Waals surface area contributed by atoms with Crippen LogP contribution in [0.1, 0.15) is 17.7 Å². The Labute approximate surface area is 198 Å². The topological polar surface area (TPSA) is 122 Å². The Hall–Kier alpha value is -4.59. The van der Waals surface area contributed by atoms with Crippen LogP contribution in [0.25, 0.3) is 11.3 Å². The van der Waals surface area contributed by atoms with Crippen LogP contribution in [-0.4, -0.2) is 15.8 Å². The highest BCUT2D eigenvalue weighted by molar-refractivity contribution is 5.82. The van der Waals surface area contributed by atoms with Crippen LogP contribution >= 0.6 is 0 Å². The number of nitrogens with two attached hydrogens (primary N) is 1. The van der Waals surface area contributed by atoms with Gasteiger partial charge in [0.2, 0.25) is 0 Å². The molecule has 4 N–H and O–H groups in total. The first-order chi connectivity index (χ1) is 16.6. The van der Waals surface area contributed by atoms with Gasteiger partial charge in [0.25, 0.3) is 0 Å². The van der Waals surface area contributed by atoms with Gasteiger partial charge in [-0.05, 0) is 49.2 Å². The van der Waals surface area contributed by atoms with Crippen molar-refractivity contribution in [1.29, 1.82) is 5.53 Å². The lowest BCUT2D eigenvalue weighted by molar-refractivity contribution is 0.482. The Balaban J connectivity index is 1.51. The van der Waals surface area contributed by atoms with Crippen LogP contribution in [0.4, 0.5) is 11.5 Å². The zero-order valence-corrected chi connectivity index (χ0v) is 18.8. The standard InChI is InChI=1S/C26H25N7O/c1-18-10-12-23(26(30-18)20-7-3-2-4-8-20)34-22-14-15-29-25(17-22)31-21-9-5-6-19(16-21)11-13-24(32-27)33-28/h2-10,12,14-17,27H,11,13,28H2,1H3,(H,29,31)/b32-27?,33-24-. The van der Waals surface area contributed by atoms with E-state index in [0.29, 0.717) is 36.0 Å². The van der Waals surface area contributed by atoms with E-state index in [0.717, 1.165) is 28.2 Å². The first kappa shape index (κ1) is 22.6. The van der Waals surface area contributed by atoms with Crippen molar-refractivity contribution < 1.29 is 4.74 Å². The van der Waals surface area contributed by atoms with Gasteiger partial charge < -0.3 is 15.9 Å². The maximum Gasteiger partial charge on any atom is 0.170 e. The monoisotopic (exact) mass is 451 g/mol. The van der Waals surface area contributed by atoms with E-state index >= 15 is 0 Å². The number of aromatic nitrogens is 2. The number of hydrazone groups is 1. The number of anilines is 2. The molecule has 0 aliphatic carbocycles. The summed E-state index contributed by atoms with van der Waals surface area (Å²) in [6.07, 6.45) is 2.87. The zero-order chi connectivity index (χ0) is 23.8. The van der Waals surface area contributed by atoms with Crippen molar-refractivity contribution >= 4 is 17.3 Å². The molecule has 4 rings (SSSR count). The van der Waals surface area contributed by atoms with E-state index in [2.05, 4.69) is 20.5 Å². The van der Waals surface area contributed by atoms with E-state index in [4.69, 9.17) is 21.1 Å². The average Bonchev–Trinajstić information content (AvgIpc) is 2.87. The summed E-state index contributed by atoms with van der Waals surface area (Å²) in [7, 11) is 0. The fourth-order valence-corrected chi connectivity index (χ4v) is 3.46. The average molecular weight is 452 g/mol. The first-order valence-corrected chi connectivity index (χ1v) is 10.8. The Morgan fingerprint density at radius 1 is 1.03 bits per heavy atom. The van der Waals surface area contributed by atoms with Crippen molar-refractivity contribution in [2.24, 2.45) is 16.1 Å². The molecule has 34 heavy (non-hydrogen) atoms. The van der Waals surface area contributed by atoms with E-state index in [1.54, 1.807) is 6.20 Å². The molecule has 0 fully saturated rings. The van der Waals surface area contributed by atoms with Gasteiger partial charge in [-0.25, -0.2) is 15.5 Å². The van der Waals surface area contributed by atoms with Crippen molar-refractivity contribution in [3.05, 3.63) is 96.3 Å². The molecular formula is C26H25N7O. The second-order valence-electron chi connectivity index (χ2n) is 7.63. The minimum atomic E-state index is 0.311. The number of rotatable bonds is 8. The third-order valence-corrected chi connectivity index (χ3v) is 5.12.